The first-order valence-electron chi connectivity index (χ1n) is 9.85. The largest absolute Gasteiger partial charge is 0.398 e. The Labute approximate surface area is 130 Å². The number of benzene rings is 1. The molecule has 108 valence electrons. The van der Waals surface area contributed by atoms with Crippen molar-refractivity contribution in [3.05, 3.63) is 34.3 Å². The summed E-state index contributed by atoms with van der Waals surface area (Å²) in [5.74, 6) is -2.16. The van der Waals surface area contributed by atoms with Gasteiger partial charge in [-0.25, -0.2) is 4.98 Å². The predicted molar refractivity (Wildman–Crippen MR) is 78.1 cm³/mol. The Balaban J connectivity index is 2.45. The van der Waals surface area contributed by atoms with E-state index in [0.717, 1.165) is 0 Å². The van der Waals surface area contributed by atoms with Gasteiger partial charge in [0.1, 0.15) is 11.6 Å². The maximum absolute atomic E-state index is 13.1. The monoisotopic (exact) mass is 292 g/mol. The number of ketones is 2. The molecule has 6 nitrogen and oxygen atoms in total. The van der Waals surface area contributed by atoms with Crippen LogP contribution in [0.15, 0.2) is 22.9 Å². The highest BCUT2D eigenvalue weighted by Gasteiger charge is 2.30. The molecule has 3 unspecified atom stereocenters. The van der Waals surface area contributed by atoms with Gasteiger partial charge in [0.05, 0.1) is 27.5 Å². The first-order valence-corrected chi connectivity index (χ1v) is 6.04. The fraction of sp³-hybridized carbons (Fsp3) is 0.333. The molecule has 1 aliphatic carbocycles. The molecule has 3 rings (SSSR count). The molecule has 2 aromatic rings. The standard InChI is InChI=1S/C15H15N3O3/c1-8-17-11-4-2-3-10(16)14(11)15(21)18(8)12-6-5-9(19)7-13(12)20/h2-4,12H,5-7,16H2,1H3/i1D2,2D,3D,4D,5D,6D. The zero-order chi connectivity index (χ0) is 21.1. The quantitative estimate of drug-likeness (QED) is 0.628. The number of anilines is 1. The van der Waals surface area contributed by atoms with Crippen LogP contribution in [0.1, 0.15) is 40.7 Å². The molecular weight excluding hydrogens is 270 g/mol. The first kappa shape index (κ1) is 7.49. The van der Waals surface area contributed by atoms with Crippen LogP contribution in [-0.2, 0) is 9.59 Å². The zero-order valence-corrected chi connectivity index (χ0v) is 10.7. The Morgan fingerprint density at radius 2 is 2.29 bits per heavy atom. The number of rotatable bonds is 1. The van der Waals surface area contributed by atoms with E-state index in [9.17, 15) is 14.4 Å². The summed E-state index contributed by atoms with van der Waals surface area (Å²) in [6, 6.07) is -3.39. The SMILES string of the molecule is [2H]c1c([2H])c(N)c2c(=O)n(C3C(=O)CC(=O)C([2H])C3[2H])c(C([2H])[2H])nc2c1[2H]. The summed E-state index contributed by atoms with van der Waals surface area (Å²) in [5.41, 5.74) is 3.88. The summed E-state index contributed by atoms with van der Waals surface area (Å²) in [6.07, 6.45) is -3.93. The molecule has 0 saturated heterocycles. The van der Waals surface area contributed by atoms with Crippen molar-refractivity contribution in [1.82, 2.24) is 9.55 Å². The lowest BCUT2D eigenvalue weighted by atomic mass is 9.92. The average molecular weight is 292 g/mol. The molecule has 3 atom stereocenters. The molecule has 0 aliphatic heterocycles. The molecule has 1 aromatic heterocycles. The number of nitrogens with two attached hydrogens (primary N) is 1. The second kappa shape index (κ2) is 4.80. The number of carbonyl (C=O) groups excluding carboxylic acids is 2. The number of aromatic nitrogens is 2. The molecular formula is C15H15N3O3. The van der Waals surface area contributed by atoms with Gasteiger partial charge in [0.25, 0.3) is 5.56 Å². The number of nitrogens with zero attached hydrogens (tertiary/aromatic N) is 2. The smallest absolute Gasteiger partial charge is 0.264 e. The molecule has 0 amide bonds. The molecule has 0 radical (unpaired) electrons. The van der Waals surface area contributed by atoms with Gasteiger partial charge in [-0.15, -0.1) is 0 Å². The molecule has 1 aromatic carbocycles. The Bertz CT molecular complexity index is 1090. The molecule has 1 saturated carbocycles. The van der Waals surface area contributed by atoms with Crippen molar-refractivity contribution < 1.29 is 19.2 Å². The number of nitrogen functional groups attached to an aromatic ring is 1. The van der Waals surface area contributed by atoms with Crippen molar-refractivity contribution >= 4 is 28.2 Å². The fourth-order valence-electron chi connectivity index (χ4n) is 2.24. The lowest BCUT2D eigenvalue weighted by Gasteiger charge is -2.24. The van der Waals surface area contributed by atoms with Gasteiger partial charge in [-0.1, -0.05) is 6.04 Å². The van der Waals surface area contributed by atoms with Crippen molar-refractivity contribution in [2.45, 2.75) is 32.1 Å². The van der Waals surface area contributed by atoms with Crippen molar-refractivity contribution in [1.29, 1.82) is 0 Å². The van der Waals surface area contributed by atoms with Crippen LogP contribution in [0.2, 0.25) is 0 Å². The van der Waals surface area contributed by atoms with E-state index in [1.54, 1.807) is 0 Å². The molecule has 21 heavy (non-hydrogen) atoms. The van der Waals surface area contributed by atoms with Crippen LogP contribution in [0.25, 0.3) is 10.9 Å². The Kier molecular flexibility index (Phi) is 1.71. The minimum atomic E-state index is -1.90. The Hall–Kier alpha value is -2.50. The lowest BCUT2D eigenvalue weighted by Crippen LogP contribution is -2.36. The van der Waals surface area contributed by atoms with E-state index in [0.29, 0.717) is 4.57 Å². The second-order valence-corrected chi connectivity index (χ2v) is 4.57. The molecule has 0 bridgehead atoms. The van der Waals surface area contributed by atoms with E-state index in [2.05, 4.69) is 4.98 Å². The first-order chi connectivity index (χ1) is 13.0. The van der Waals surface area contributed by atoms with Crippen LogP contribution < -0.4 is 11.3 Å². The number of hydrogen-bond acceptors (Lipinski definition) is 5. The van der Waals surface area contributed by atoms with E-state index >= 15 is 0 Å². The number of fused-ring (bicyclic) bond motifs is 1. The van der Waals surface area contributed by atoms with E-state index in [4.69, 9.17) is 15.3 Å². The topological polar surface area (TPSA) is 95.0 Å². The molecule has 6 heteroatoms. The van der Waals surface area contributed by atoms with E-state index < -0.39 is 84.3 Å². The average Bonchev–Trinajstić information content (AvgIpc) is 2.63. The van der Waals surface area contributed by atoms with Crippen LogP contribution in [0, 0.1) is 6.88 Å². The van der Waals surface area contributed by atoms with Crippen LogP contribution in [0.3, 0.4) is 0 Å². The van der Waals surface area contributed by atoms with Gasteiger partial charge < -0.3 is 5.73 Å². The van der Waals surface area contributed by atoms with Crippen molar-refractivity contribution in [3.8, 4) is 0 Å². The maximum atomic E-state index is 13.1. The number of hydrogen-bond donors (Lipinski definition) is 1. The highest BCUT2D eigenvalue weighted by molar-refractivity contribution is 6.03. The van der Waals surface area contributed by atoms with E-state index in [-0.39, 0.29) is 5.52 Å². The van der Waals surface area contributed by atoms with Gasteiger partial charge in [-0.05, 0) is 25.4 Å². The van der Waals surface area contributed by atoms with Crippen molar-refractivity contribution in [3.63, 3.8) is 0 Å². The van der Waals surface area contributed by atoms with Crippen LogP contribution in [-0.4, -0.2) is 21.1 Å². The summed E-state index contributed by atoms with van der Waals surface area (Å²) in [4.78, 5) is 41.2. The van der Waals surface area contributed by atoms with E-state index in [1.165, 1.54) is 0 Å². The third-order valence-electron chi connectivity index (χ3n) is 3.21. The predicted octanol–water partition coefficient (Wildman–Crippen LogP) is 1.15. The van der Waals surface area contributed by atoms with Crippen molar-refractivity contribution in [2.24, 2.45) is 0 Å². The van der Waals surface area contributed by atoms with Gasteiger partial charge in [-0.2, -0.15) is 0 Å². The van der Waals surface area contributed by atoms with Gasteiger partial charge in [0.2, 0.25) is 0 Å². The normalized spacial score (nSPS) is 31.1. The number of carbonyl (C=O) groups is 2. The third kappa shape index (κ3) is 2.12. The molecule has 0 spiro atoms. The van der Waals surface area contributed by atoms with Crippen LogP contribution >= 0.6 is 0 Å². The van der Waals surface area contributed by atoms with Crippen LogP contribution in [0.5, 0.6) is 0 Å². The highest BCUT2D eigenvalue weighted by Crippen LogP contribution is 2.24. The number of aryl methyl sites for hydroxylation is 1. The minimum absolute atomic E-state index is 0.387. The highest BCUT2D eigenvalue weighted by atomic mass is 16.2. The molecule has 1 heterocycles. The number of Topliss-reactive ketones (excluding diaryl/α,β-unsaturated/α-hetero) is 2. The summed E-state index contributed by atoms with van der Waals surface area (Å²) < 4.78 is 55.3. The molecule has 1 aliphatic rings. The van der Waals surface area contributed by atoms with Crippen LogP contribution in [0.4, 0.5) is 5.69 Å². The Morgan fingerprint density at radius 1 is 1.48 bits per heavy atom. The van der Waals surface area contributed by atoms with Gasteiger partial charge in [0, 0.05) is 17.6 Å². The summed E-state index contributed by atoms with van der Waals surface area (Å²) >= 11 is 0. The maximum Gasteiger partial charge on any atom is 0.264 e. The summed E-state index contributed by atoms with van der Waals surface area (Å²) in [5, 5.41) is -0.436. The Morgan fingerprint density at radius 3 is 3.05 bits per heavy atom. The lowest BCUT2D eigenvalue weighted by molar-refractivity contribution is -0.132. The molecule has 2 N–H and O–H groups in total. The van der Waals surface area contributed by atoms with Crippen molar-refractivity contribution in [2.75, 3.05) is 5.73 Å². The van der Waals surface area contributed by atoms with Gasteiger partial charge >= 0.3 is 0 Å². The third-order valence-corrected chi connectivity index (χ3v) is 3.21. The summed E-state index contributed by atoms with van der Waals surface area (Å²) in [6.45, 7) is -1.90. The minimum Gasteiger partial charge on any atom is -0.398 e. The molecule has 1 fully saturated rings. The van der Waals surface area contributed by atoms with Gasteiger partial charge in [0.15, 0.2) is 5.78 Å². The fourth-order valence-corrected chi connectivity index (χ4v) is 2.24. The zero-order valence-electron chi connectivity index (χ0n) is 17.7. The van der Waals surface area contributed by atoms with E-state index in [1.807, 2.05) is 0 Å². The second-order valence-electron chi connectivity index (χ2n) is 4.57. The summed E-state index contributed by atoms with van der Waals surface area (Å²) in [7, 11) is 0. The van der Waals surface area contributed by atoms with Gasteiger partial charge in [-0.3, -0.25) is 19.0 Å².